The summed E-state index contributed by atoms with van der Waals surface area (Å²) in [6.45, 7) is 7.07. The average molecular weight is 344 g/mol. The maximum Gasteiger partial charge on any atom is 0.261 e. The van der Waals surface area contributed by atoms with Crippen LogP contribution in [0.1, 0.15) is 32.6 Å². The van der Waals surface area contributed by atoms with E-state index < -0.39 is 0 Å². The van der Waals surface area contributed by atoms with E-state index in [4.69, 9.17) is 0 Å². The van der Waals surface area contributed by atoms with Gasteiger partial charge < -0.3 is 9.80 Å². The van der Waals surface area contributed by atoms with Gasteiger partial charge in [0.1, 0.15) is 5.82 Å². The third kappa shape index (κ3) is 4.07. The second-order valence-corrected chi connectivity index (χ2v) is 7.02. The molecule has 0 spiro atoms. The molecular formula is C19H28N4O2. The van der Waals surface area contributed by atoms with E-state index in [9.17, 15) is 9.59 Å². The van der Waals surface area contributed by atoms with Gasteiger partial charge in [-0.25, -0.2) is 4.98 Å². The molecule has 2 rings (SSSR count). The maximum atomic E-state index is 12.7. The monoisotopic (exact) mass is 344 g/mol. The molecular weight excluding hydrogens is 316 g/mol. The molecule has 0 saturated carbocycles. The Morgan fingerprint density at radius 3 is 2.40 bits per heavy atom. The molecule has 0 fully saturated rings. The molecule has 136 valence electrons. The number of rotatable bonds is 6. The number of hydrogen-bond acceptors (Lipinski definition) is 4. The Morgan fingerprint density at radius 2 is 1.80 bits per heavy atom. The zero-order valence-corrected chi connectivity index (χ0v) is 16.0. The van der Waals surface area contributed by atoms with Crippen molar-refractivity contribution in [3.8, 4) is 0 Å². The first-order chi connectivity index (χ1) is 11.7. The van der Waals surface area contributed by atoms with Gasteiger partial charge in [-0.2, -0.15) is 0 Å². The van der Waals surface area contributed by atoms with Crippen molar-refractivity contribution in [2.24, 2.45) is 13.0 Å². The van der Waals surface area contributed by atoms with Gasteiger partial charge in [0.25, 0.3) is 5.56 Å². The summed E-state index contributed by atoms with van der Waals surface area (Å²) in [4.78, 5) is 33.9. The van der Waals surface area contributed by atoms with E-state index >= 15 is 0 Å². The molecule has 2 aromatic rings. The lowest BCUT2D eigenvalue weighted by Gasteiger charge is -2.32. The number of nitrogens with zero attached hydrogens (tertiary/aromatic N) is 4. The van der Waals surface area contributed by atoms with Crippen molar-refractivity contribution in [2.45, 2.75) is 26.8 Å². The van der Waals surface area contributed by atoms with Crippen LogP contribution >= 0.6 is 0 Å². The van der Waals surface area contributed by atoms with Crippen LogP contribution in [-0.2, 0) is 11.8 Å². The second kappa shape index (κ2) is 7.78. The first-order valence-electron chi connectivity index (χ1n) is 8.65. The lowest BCUT2D eigenvalue weighted by molar-refractivity contribution is -0.137. The third-order valence-corrected chi connectivity index (χ3v) is 4.42. The average Bonchev–Trinajstić information content (AvgIpc) is 2.57. The van der Waals surface area contributed by atoms with Crippen LogP contribution in [0.5, 0.6) is 0 Å². The Kier molecular flexibility index (Phi) is 5.95. The van der Waals surface area contributed by atoms with E-state index in [1.807, 2.05) is 62.9 Å². The van der Waals surface area contributed by atoms with Crippen molar-refractivity contribution < 1.29 is 4.79 Å². The van der Waals surface area contributed by atoms with Crippen LogP contribution < -0.4 is 5.56 Å². The van der Waals surface area contributed by atoms with Gasteiger partial charge in [0, 0.05) is 26.1 Å². The van der Waals surface area contributed by atoms with Gasteiger partial charge in [-0.05, 0) is 33.2 Å². The molecule has 0 aliphatic heterocycles. The number of fused-ring (bicyclic) bond motifs is 1. The van der Waals surface area contributed by atoms with Crippen molar-refractivity contribution in [2.75, 3.05) is 27.2 Å². The van der Waals surface area contributed by atoms with Gasteiger partial charge in [0.2, 0.25) is 5.91 Å². The lowest BCUT2D eigenvalue weighted by atomic mass is 10.1. The molecule has 0 N–H and O–H groups in total. The van der Waals surface area contributed by atoms with E-state index in [-0.39, 0.29) is 23.4 Å². The van der Waals surface area contributed by atoms with Crippen LogP contribution in [0, 0.1) is 5.92 Å². The topological polar surface area (TPSA) is 58.4 Å². The largest absolute Gasteiger partial charge is 0.331 e. The number of amides is 1. The summed E-state index contributed by atoms with van der Waals surface area (Å²) < 4.78 is 1.56. The number of benzene rings is 1. The smallest absolute Gasteiger partial charge is 0.261 e. The maximum absolute atomic E-state index is 12.7. The highest BCUT2D eigenvalue weighted by molar-refractivity contribution is 5.79. The van der Waals surface area contributed by atoms with Crippen molar-refractivity contribution in [3.05, 3.63) is 40.4 Å². The molecule has 1 aromatic heterocycles. The number of carbonyl (C=O) groups is 1. The first-order valence-corrected chi connectivity index (χ1v) is 8.65. The highest BCUT2D eigenvalue weighted by Crippen LogP contribution is 2.21. The standard InChI is InChI=1S/C19H28N4O2/c1-13(2)18(24)23(12-11-21(4)5)14(3)17-20-16-10-8-7-9-15(16)19(25)22(17)6/h7-10,13-14H,11-12H2,1-6H3. The fourth-order valence-electron chi connectivity index (χ4n) is 2.88. The summed E-state index contributed by atoms with van der Waals surface area (Å²) in [6.07, 6.45) is 0. The molecule has 0 saturated heterocycles. The minimum absolute atomic E-state index is 0.0664. The molecule has 0 bridgehead atoms. The molecule has 1 amide bonds. The van der Waals surface area contributed by atoms with Gasteiger partial charge in [0.15, 0.2) is 0 Å². The van der Waals surface area contributed by atoms with Gasteiger partial charge in [-0.3, -0.25) is 14.2 Å². The molecule has 6 nitrogen and oxygen atoms in total. The van der Waals surface area contributed by atoms with Crippen molar-refractivity contribution in [1.29, 1.82) is 0 Å². The van der Waals surface area contributed by atoms with Gasteiger partial charge in [-0.1, -0.05) is 26.0 Å². The minimum atomic E-state index is -0.280. The summed E-state index contributed by atoms with van der Waals surface area (Å²) >= 11 is 0. The molecule has 0 aliphatic rings. The fraction of sp³-hybridized carbons (Fsp3) is 0.526. The Bertz CT molecular complexity index is 811. The summed E-state index contributed by atoms with van der Waals surface area (Å²) in [5.41, 5.74) is 0.578. The van der Waals surface area contributed by atoms with Crippen LogP contribution in [0.3, 0.4) is 0 Å². The molecule has 25 heavy (non-hydrogen) atoms. The summed E-state index contributed by atoms with van der Waals surface area (Å²) in [5, 5.41) is 0.593. The summed E-state index contributed by atoms with van der Waals surface area (Å²) in [5.74, 6) is 0.565. The van der Waals surface area contributed by atoms with Crippen molar-refractivity contribution in [3.63, 3.8) is 0 Å². The molecule has 0 radical (unpaired) electrons. The predicted octanol–water partition coefficient (Wildman–Crippen LogP) is 2.04. The van der Waals surface area contributed by atoms with E-state index in [1.165, 1.54) is 0 Å². The van der Waals surface area contributed by atoms with E-state index in [0.717, 1.165) is 6.54 Å². The zero-order valence-electron chi connectivity index (χ0n) is 16.0. The minimum Gasteiger partial charge on any atom is -0.331 e. The SMILES string of the molecule is CC(C)C(=O)N(CCN(C)C)C(C)c1nc2ccccc2c(=O)n1C. The van der Waals surface area contributed by atoms with Crippen LogP contribution in [0.15, 0.2) is 29.1 Å². The number of carbonyl (C=O) groups excluding carboxylic acids is 1. The quantitative estimate of drug-likeness (QED) is 0.805. The normalized spacial score (nSPS) is 12.8. The van der Waals surface area contributed by atoms with Crippen LogP contribution in [0.4, 0.5) is 0 Å². The van der Waals surface area contributed by atoms with E-state index in [0.29, 0.717) is 23.3 Å². The highest BCUT2D eigenvalue weighted by Gasteiger charge is 2.26. The van der Waals surface area contributed by atoms with E-state index in [1.54, 1.807) is 17.7 Å². The summed E-state index contributed by atoms with van der Waals surface area (Å²) in [7, 11) is 5.68. The molecule has 1 atom stereocenters. The summed E-state index contributed by atoms with van der Waals surface area (Å²) in [6, 6.07) is 7.04. The number of aromatic nitrogens is 2. The van der Waals surface area contributed by atoms with Crippen molar-refractivity contribution >= 4 is 16.8 Å². The van der Waals surface area contributed by atoms with Crippen molar-refractivity contribution in [1.82, 2.24) is 19.4 Å². The highest BCUT2D eigenvalue weighted by atomic mass is 16.2. The van der Waals surface area contributed by atoms with Crippen LogP contribution in [-0.4, -0.2) is 52.4 Å². The molecule has 1 unspecified atom stereocenters. The van der Waals surface area contributed by atoms with Crippen LogP contribution in [0.25, 0.3) is 10.9 Å². The Hall–Kier alpha value is -2.21. The molecule has 1 heterocycles. The third-order valence-electron chi connectivity index (χ3n) is 4.42. The number of para-hydroxylation sites is 1. The Balaban J connectivity index is 2.49. The molecule has 6 heteroatoms. The van der Waals surface area contributed by atoms with Crippen LogP contribution in [0.2, 0.25) is 0 Å². The Morgan fingerprint density at radius 1 is 1.16 bits per heavy atom. The molecule has 1 aromatic carbocycles. The van der Waals surface area contributed by atoms with Gasteiger partial charge >= 0.3 is 0 Å². The zero-order chi connectivity index (χ0) is 18.7. The van der Waals surface area contributed by atoms with E-state index in [2.05, 4.69) is 4.98 Å². The fourth-order valence-corrected chi connectivity index (χ4v) is 2.88. The first kappa shape index (κ1) is 19.1. The number of likely N-dealkylation sites (N-methyl/N-ethyl adjacent to an activating group) is 1. The number of hydrogen-bond donors (Lipinski definition) is 0. The van der Waals surface area contributed by atoms with Gasteiger partial charge in [-0.15, -0.1) is 0 Å². The predicted molar refractivity (Wildman–Crippen MR) is 101 cm³/mol. The molecule has 0 aliphatic carbocycles. The second-order valence-electron chi connectivity index (χ2n) is 7.02. The lowest BCUT2D eigenvalue weighted by Crippen LogP contribution is -2.42. The Labute approximate surface area is 149 Å². The van der Waals surface area contributed by atoms with Gasteiger partial charge in [0.05, 0.1) is 16.9 Å².